The average molecular weight is 260 g/mol. The number of rotatable bonds is 3. The molecule has 0 fully saturated rings. The van der Waals surface area contributed by atoms with Gasteiger partial charge in [0, 0.05) is 12.0 Å². The summed E-state index contributed by atoms with van der Waals surface area (Å²) in [5.41, 5.74) is 1.84. The number of nitriles is 1. The lowest BCUT2D eigenvalue weighted by molar-refractivity contribution is -0.116. The molecule has 1 heterocycles. The van der Waals surface area contributed by atoms with Gasteiger partial charge >= 0.3 is 5.91 Å². The summed E-state index contributed by atoms with van der Waals surface area (Å²) in [5.74, 6) is 0.852. The zero-order valence-electron chi connectivity index (χ0n) is 11.2. The normalized spacial score (nSPS) is 12.9. The molecule has 5 heteroatoms. The first-order chi connectivity index (χ1) is 8.94. The Morgan fingerprint density at radius 2 is 2.05 bits per heavy atom. The molecule has 1 aliphatic rings. The fraction of sp³-hybridized carbons (Fsp3) is 0.429. The fourth-order valence-corrected chi connectivity index (χ4v) is 2.21. The number of carbonyl (C=O) groups excluding carboxylic acids is 1. The maximum atomic E-state index is 11.0. The van der Waals surface area contributed by atoms with Crippen LogP contribution in [0, 0.1) is 18.3 Å². The first-order valence-electron chi connectivity index (χ1n) is 6.03. The molecular formula is C14H16N2O3. The van der Waals surface area contributed by atoms with Gasteiger partial charge in [0.1, 0.15) is 0 Å². The predicted molar refractivity (Wildman–Crippen MR) is 69.0 cm³/mol. The van der Waals surface area contributed by atoms with Crippen LogP contribution < -0.4 is 14.8 Å². The number of carbonyl (C=O) groups is 1. The zero-order valence-corrected chi connectivity index (χ0v) is 11.2. The van der Waals surface area contributed by atoms with E-state index in [2.05, 4.69) is 5.32 Å². The van der Waals surface area contributed by atoms with Gasteiger partial charge in [-0.3, -0.25) is 4.79 Å². The van der Waals surface area contributed by atoms with Crippen molar-refractivity contribution in [2.24, 2.45) is 0 Å². The highest BCUT2D eigenvalue weighted by atomic mass is 16.7. The van der Waals surface area contributed by atoms with E-state index in [0.29, 0.717) is 6.54 Å². The Labute approximate surface area is 112 Å². The number of hydrogen-bond donors (Lipinski definition) is 1. The third-order valence-electron chi connectivity index (χ3n) is 3.24. The van der Waals surface area contributed by atoms with Gasteiger partial charge < -0.3 is 14.8 Å². The van der Waals surface area contributed by atoms with Crippen molar-refractivity contribution in [1.82, 2.24) is 5.32 Å². The van der Waals surface area contributed by atoms with E-state index in [4.69, 9.17) is 14.7 Å². The van der Waals surface area contributed by atoms with Gasteiger partial charge in [0.25, 0.3) is 0 Å². The molecule has 0 saturated heterocycles. The third-order valence-corrected chi connectivity index (χ3v) is 3.24. The summed E-state index contributed by atoms with van der Waals surface area (Å²) < 4.78 is 10.7. The van der Waals surface area contributed by atoms with Crippen LogP contribution in [0.5, 0.6) is 11.5 Å². The molecule has 0 aromatic heterocycles. The zero-order chi connectivity index (χ0) is 14.0. The minimum Gasteiger partial charge on any atom is -0.454 e. The summed E-state index contributed by atoms with van der Waals surface area (Å²) in [7, 11) is 0. The van der Waals surface area contributed by atoms with Gasteiger partial charge in [-0.2, -0.15) is 5.26 Å². The second kappa shape index (κ2) is 4.81. The number of nitrogens with one attached hydrogen (secondary N) is 1. The molecule has 0 aliphatic carbocycles. The van der Waals surface area contributed by atoms with Crippen LogP contribution in [-0.2, 0) is 10.2 Å². The summed E-state index contributed by atoms with van der Waals surface area (Å²) in [6, 6.07) is 5.43. The quantitative estimate of drug-likeness (QED) is 0.839. The van der Waals surface area contributed by atoms with E-state index in [1.54, 1.807) is 6.07 Å². The van der Waals surface area contributed by atoms with E-state index >= 15 is 0 Å². The summed E-state index contributed by atoms with van der Waals surface area (Å²) in [4.78, 5) is 11.0. The Bertz CT molecular complexity index is 559. The highest BCUT2D eigenvalue weighted by Gasteiger charge is 2.26. The second-order valence-corrected chi connectivity index (χ2v) is 5.20. The summed E-state index contributed by atoms with van der Waals surface area (Å²) in [6.45, 7) is 6.64. The number of hydrogen-bond acceptors (Lipinski definition) is 4. The Morgan fingerprint density at radius 3 is 2.68 bits per heavy atom. The maximum absolute atomic E-state index is 11.0. The maximum Gasteiger partial charge on any atom is 0.322 e. The molecule has 0 atom stereocenters. The first kappa shape index (κ1) is 13.2. The Morgan fingerprint density at radius 1 is 1.42 bits per heavy atom. The van der Waals surface area contributed by atoms with E-state index in [-0.39, 0.29) is 12.2 Å². The number of amides is 1. The summed E-state index contributed by atoms with van der Waals surface area (Å²) >= 11 is 0. The molecule has 2 rings (SSSR count). The van der Waals surface area contributed by atoms with Gasteiger partial charge in [0.2, 0.25) is 6.79 Å². The van der Waals surface area contributed by atoms with Crippen LogP contribution >= 0.6 is 0 Å². The van der Waals surface area contributed by atoms with E-state index in [1.165, 1.54) is 0 Å². The largest absolute Gasteiger partial charge is 0.454 e. The standard InChI is InChI=1S/C14H16N2O3/c1-9-4-11-12(19-8-18-11)5-10(9)14(2,3)7-16-13(17)6-15/h4-5H,7-8H2,1-3H3,(H,16,17). The molecule has 19 heavy (non-hydrogen) atoms. The van der Waals surface area contributed by atoms with Crippen LogP contribution in [0.1, 0.15) is 25.0 Å². The monoisotopic (exact) mass is 260 g/mol. The molecule has 5 nitrogen and oxygen atoms in total. The van der Waals surface area contributed by atoms with Crippen molar-refractivity contribution in [2.75, 3.05) is 13.3 Å². The number of fused-ring (bicyclic) bond motifs is 1. The highest BCUT2D eigenvalue weighted by molar-refractivity contribution is 5.91. The first-order valence-corrected chi connectivity index (χ1v) is 6.03. The van der Waals surface area contributed by atoms with E-state index < -0.39 is 5.91 Å². The minimum absolute atomic E-state index is 0.240. The number of ether oxygens (including phenoxy) is 2. The third kappa shape index (κ3) is 2.63. The topological polar surface area (TPSA) is 71.4 Å². The van der Waals surface area contributed by atoms with Crippen molar-refractivity contribution in [2.45, 2.75) is 26.2 Å². The number of benzene rings is 1. The SMILES string of the molecule is Cc1cc2c(cc1C(C)(C)CNC(=O)C#N)OCO2. The van der Waals surface area contributed by atoms with Crippen molar-refractivity contribution in [3.05, 3.63) is 23.3 Å². The number of aryl methyl sites for hydroxylation is 1. The smallest absolute Gasteiger partial charge is 0.322 e. The second-order valence-electron chi connectivity index (χ2n) is 5.20. The Kier molecular flexibility index (Phi) is 3.34. The van der Waals surface area contributed by atoms with Crippen LogP contribution in [-0.4, -0.2) is 19.2 Å². The van der Waals surface area contributed by atoms with E-state index in [0.717, 1.165) is 22.6 Å². The highest BCUT2D eigenvalue weighted by Crippen LogP contribution is 2.38. The molecule has 1 N–H and O–H groups in total. The van der Waals surface area contributed by atoms with Crippen LogP contribution in [0.25, 0.3) is 0 Å². The molecule has 0 unspecified atom stereocenters. The molecule has 0 spiro atoms. The molecule has 1 aromatic rings. The lowest BCUT2D eigenvalue weighted by Gasteiger charge is -2.27. The van der Waals surface area contributed by atoms with Gasteiger partial charge in [-0.1, -0.05) is 13.8 Å². The molecule has 1 aromatic carbocycles. The van der Waals surface area contributed by atoms with Crippen molar-refractivity contribution in [1.29, 1.82) is 5.26 Å². The van der Waals surface area contributed by atoms with Crippen LogP contribution in [0.3, 0.4) is 0 Å². The Hall–Kier alpha value is -2.22. The molecule has 0 bridgehead atoms. The van der Waals surface area contributed by atoms with Crippen LogP contribution in [0.2, 0.25) is 0 Å². The van der Waals surface area contributed by atoms with Crippen molar-refractivity contribution >= 4 is 5.91 Å². The summed E-state index contributed by atoms with van der Waals surface area (Å²) in [5, 5.41) is 11.1. The minimum atomic E-state index is -0.619. The van der Waals surface area contributed by atoms with Gasteiger partial charge in [-0.05, 0) is 30.2 Å². The lowest BCUT2D eigenvalue weighted by atomic mass is 9.81. The van der Waals surface area contributed by atoms with Gasteiger partial charge in [-0.15, -0.1) is 0 Å². The molecule has 1 aliphatic heterocycles. The van der Waals surface area contributed by atoms with Crippen LogP contribution in [0.15, 0.2) is 12.1 Å². The van der Waals surface area contributed by atoms with Crippen molar-refractivity contribution in [3.8, 4) is 17.6 Å². The van der Waals surface area contributed by atoms with Gasteiger partial charge in [0.15, 0.2) is 17.6 Å². The van der Waals surface area contributed by atoms with Gasteiger partial charge in [-0.25, -0.2) is 0 Å². The molecule has 1 amide bonds. The van der Waals surface area contributed by atoms with Crippen molar-refractivity contribution < 1.29 is 14.3 Å². The molecule has 0 saturated carbocycles. The summed E-state index contributed by atoms with van der Waals surface area (Å²) in [6.07, 6.45) is 0. The average Bonchev–Trinajstić information content (AvgIpc) is 2.81. The molecule has 100 valence electrons. The Balaban J connectivity index is 2.25. The van der Waals surface area contributed by atoms with E-state index in [1.807, 2.05) is 32.9 Å². The fourth-order valence-electron chi connectivity index (χ4n) is 2.21. The van der Waals surface area contributed by atoms with Gasteiger partial charge in [0.05, 0.1) is 0 Å². The number of nitrogens with zero attached hydrogens (tertiary/aromatic N) is 1. The lowest BCUT2D eigenvalue weighted by Crippen LogP contribution is -2.36. The molecular weight excluding hydrogens is 244 g/mol. The predicted octanol–water partition coefficient (Wildman–Crippen LogP) is 1.64. The molecule has 0 radical (unpaired) electrons. The van der Waals surface area contributed by atoms with Crippen molar-refractivity contribution in [3.63, 3.8) is 0 Å². The van der Waals surface area contributed by atoms with E-state index in [9.17, 15) is 4.79 Å². The van der Waals surface area contributed by atoms with Crippen LogP contribution in [0.4, 0.5) is 0 Å².